The van der Waals surface area contributed by atoms with Crippen molar-refractivity contribution < 1.29 is 10.2 Å². The summed E-state index contributed by atoms with van der Waals surface area (Å²) in [5.41, 5.74) is 0. The summed E-state index contributed by atoms with van der Waals surface area (Å²) in [5, 5.41) is 19.4. The summed E-state index contributed by atoms with van der Waals surface area (Å²) in [6, 6.07) is 0. The van der Waals surface area contributed by atoms with Crippen molar-refractivity contribution in [2.45, 2.75) is 58.7 Å². The zero-order valence-electron chi connectivity index (χ0n) is 9.45. The SMILES string of the molecule is CCC#CC(O)C(CCC)C(O)CC. The Morgan fingerprint density at radius 3 is 2.21 bits per heavy atom. The summed E-state index contributed by atoms with van der Waals surface area (Å²) in [4.78, 5) is 0. The fraction of sp³-hybridized carbons (Fsp3) is 0.833. The summed E-state index contributed by atoms with van der Waals surface area (Å²) >= 11 is 0. The molecule has 0 aliphatic heterocycles. The Kier molecular flexibility index (Phi) is 7.55. The van der Waals surface area contributed by atoms with Crippen molar-refractivity contribution in [3.8, 4) is 11.8 Å². The highest BCUT2D eigenvalue weighted by Crippen LogP contribution is 2.18. The van der Waals surface area contributed by atoms with Crippen LogP contribution in [0.5, 0.6) is 0 Å². The highest BCUT2D eigenvalue weighted by atomic mass is 16.3. The van der Waals surface area contributed by atoms with E-state index in [0.29, 0.717) is 6.42 Å². The quantitative estimate of drug-likeness (QED) is 0.663. The molecule has 3 unspecified atom stereocenters. The van der Waals surface area contributed by atoms with Crippen LogP contribution in [0.15, 0.2) is 0 Å². The molecular weight excluding hydrogens is 176 g/mol. The van der Waals surface area contributed by atoms with Gasteiger partial charge in [0.2, 0.25) is 0 Å². The molecule has 0 spiro atoms. The molecule has 0 aromatic carbocycles. The lowest BCUT2D eigenvalue weighted by Crippen LogP contribution is -2.30. The molecule has 3 atom stereocenters. The van der Waals surface area contributed by atoms with Gasteiger partial charge in [0.1, 0.15) is 6.10 Å². The first kappa shape index (κ1) is 13.5. The normalized spacial score (nSPS) is 16.6. The summed E-state index contributed by atoms with van der Waals surface area (Å²) in [6.45, 7) is 5.92. The Hall–Kier alpha value is -0.520. The van der Waals surface area contributed by atoms with E-state index in [0.717, 1.165) is 19.3 Å². The van der Waals surface area contributed by atoms with Crippen LogP contribution in [0.4, 0.5) is 0 Å². The molecule has 0 rings (SSSR count). The second kappa shape index (κ2) is 7.84. The van der Waals surface area contributed by atoms with E-state index in [1.807, 2.05) is 13.8 Å². The third-order valence-electron chi connectivity index (χ3n) is 2.37. The fourth-order valence-corrected chi connectivity index (χ4v) is 1.51. The number of aliphatic hydroxyl groups excluding tert-OH is 2. The van der Waals surface area contributed by atoms with Gasteiger partial charge in [0.05, 0.1) is 6.10 Å². The van der Waals surface area contributed by atoms with Crippen molar-refractivity contribution in [3.63, 3.8) is 0 Å². The van der Waals surface area contributed by atoms with Crippen LogP contribution < -0.4 is 0 Å². The smallest absolute Gasteiger partial charge is 0.120 e. The minimum absolute atomic E-state index is 0.0935. The van der Waals surface area contributed by atoms with Crippen molar-refractivity contribution in [2.75, 3.05) is 0 Å². The van der Waals surface area contributed by atoms with Crippen LogP contribution in [0.1, 0.15) is 46.5 Å². The summed E-state index contributed by atoms with van der Waals surface area (Å²) in [5.74, 6) is 5.54. The van der Waals surface area contributed by atoms with E-state index in [2.05, 4.69) is 18.8 Å². The minimum atomic E-state index is -0.676. The molecule has 0 radical (unpaired) electrons. The first-order valence-electron chi connectivity index (χ1n) is 5.51. The van der Waals surface area contributed by atoms with Crippen LogP contribution in [-0.4, -0.2) is 22.4 Å². The van der Waals surface area contributed by atoms with Crippen molar-refractivity contribution in [1.82, 2.24) is 0 Å². The topological polar surface area (TPSA) is 40.5 Å². The number of aliphatic hydroxyl groups is 2. The number of hydrogen-bond acceptors (Lipinski definition) is 2. The van der Waals surface area contributed by atoms with Gasteiger partial charge < -0.3 is 10.2 Å². The zero-order chi connectivity index (χ0) is 11.0. The van der Waals surface area contributed by atoms with Gasteiger partial charge in [-0.25, -0.2) is 0 Å². The highest BCUT2D eigenvalue weighted by molar-refractivity contribution is 5.06. The molecule has 0 aromatic rings. The van der Waals surface area contributed by atoms with Crippen LogP contribution >= 0.6 is 0 Å². The van der Waals surface area contributed by atoms with Gasteiger partial charge in [0.25, 0.3) is 0 Å². The van der Waals surface area contributed by atoms with E-state index in [1.165, 1.54) is 0 Å². The lowest BCUT2D eigenvalue weighted by molar-refractivity contribution is 0.0321. The molecule has 0 saturated carbocycles. The van der Waals surface area contributed by atoms with Crippen LogP contribution in [0, 0.1) is 17.8 Å². The molecule has 14 heavy (non-hydrogen) atoms. The Morgan fingerprint density at radius 1 is 1.14 bits per heavy atom. The average molecular weight is 198 g/mol. The monoisotopic (exact) mass is 198 g/mol. The molecular formula is C12H22O2. The minimum Gasteiger partial charge on any atom is -0.393 e. The maximum absolute atomic E-state index is 9.74. The maximum atomic E-state index is 9.74. The number of hydrogen-bond donors (Lipinski definition) is 2. The van der Waals surface area contributed by atoms with E-state index < -0.39 is 12.2 Å². The standard InChI is InChI=1S/C12H22O2/c1-4-7-9-12(14)10(8-5-2)11(13)6-3/h10-14H,4-6,8H2,1-3H3. The van der Waals surface area contributed by atoms with Gasteiger partial charge in [-0.1, -0.05) is 33.1 Å². The van der Waals surface area contributed by atoms with Crippen LogP contribution in [0.25, 0.3) is 0 Å². The van der Waals surface area contributed by atoms with Gasteiger partial charge in [-0.15, -0.1) is 5.92 Å². The zero-order valence-corrected chi connectivity index (χ0v) is 9.45. The van der Waals surface area contributed by atoms with Gasteiger partial charge in [-0.2, -0.15) is 0 Å². The summed E-state index contributed by atoms with van der Waals surface area (Å²) < 4.78 is 0. The fourth-order valence-electron chi connectivity index (χ4n) is 1.51. The van der Waals surface area contributed by atoms with Gasteiger partial charge >= 0.3 is 0 Å². The summed E-state index contributed by atoms with van der Waals surface area (Å²) in [7, 11) is 0. The Labute approximate surface area is 87.3 Å². The van der Waals surface area contributed by atoms with Crippen molar-refractivity contribution in [3.05, 3.63) is 0 Å². The molecule has 0 amide bonds. The van der Waals surface area contributed by atoms with Crippen LogP contribution in [0.3, 0.4) is 0 Å². The molecule has 0 aromatic heterocycles. The van der Waals surface area contributed by atoms with Gasteiger partial charge in [-0.05, 0) is 12.8 Å². The van der Waals surface area contributed by atoms with Crippen molar-refractivity contribution in [1.29, 1.82) is 0 Å². The lowest BCUT2D eigenvalue weighted by atomic mass is 9.90. The van der Waals surface area contributed by atoms with E-state index in [4.69, 9.17) is 0 Å². The van der Waals surface area contributed by atoms with Gasteiger partial charge in [-0.3, -0.25) is 0 Å². The van der Waals surface area contributed by atoms with Crippen LogP contribution in [0.2, 0.25) is 0 Å². The molecule has 2 N–H and O–H groups in total. The maximum Gasteiger partial charge on any atom is 0.120 e. The Bertz CT molecular complexity index is 190. The molecule has 0 bridgehead atoms. The van der Waals surface area contributed by atoms with E-state index in [9.17, 15) is 10.2 Å². The predicted molar refractivity (Wildman–Crippen MR) is 58.8 cm³/mol. The first-order chi connectivity index (χ1) is 6.67. The molecule has 0 heterocycles. The molecule has 0 aliphatic carbocycles. The summed E-state index contributed by atoms with van der Waals surface area (Å²) in [6.07, 6.45) is 2.11. The second-order valence-electron chi connectivity index (χ2n) is 3.55. The molecule has 82 valence electrons. The average Bonchev–Trinajstić information content (AvgIpc) is 2.21. The van der Waals surface area contributed by atoms with Crippen LogP contribution in [-0.2, 0) is 0 Å². The Morgan fingerprint density at radius 2 is 1.79 bits per heavy atom. The molecule has 0 fully saturated rings. The molecule has 0 saturated heterocycles. The third kappa shape index (κ3) is 4.64. The highest BCUT2D eigenvalue weighted by Gasteiger charge is 2.23. The van der Waals surface area contributed by atoms with Crippen molar-refractivity contribution in [2.24, 2.45) is 5.92 Å². The molecule has 2 nitrogen and oxygen atoms in total. The second-order valence-corrected chi connectivity index (χ2v) is 3.55. The third-order valence-corrected chi connectivity index (χ3v) is 2.37. The molecule has 2 heteroatoms. The Balaban J connectivity index is 4.31. The first-order valence-corrected chi connectivity index (χ1v) is 5.51. The van der Waals surface area contributed by atoms with Gasteiger partial charge in [0, 0.05) is 12.3 Å². The van der Waals surface area contributed by atoms with Gasteiger partial charge in [0.15, 0.2) is 0 Å². The largest absolute Gasteiger partial charge is 0.393 e. The van der Waals surface area contributed by atoms with E-state index in [1.54, 1.807) is 0 Å². The lowest BCUT2D eigenvalue weighted by Gasteiger charge is -2.23. The number of rotatable bonds is 5. The van der Waals surface area contributed by atoms with E-state index >= 15 is 0 Å². The van der Waals surface area contributed by atoms with Crippen molar-refractivity contribution >= 4 is 0 Å². The molecule has 0 aliphatic rings. The predicted octanol–water partition coefficient (Wildman–Crippen LogP) is 1.95. The van der Waals surface area contributed by atoms with E-state index in [-0.39, 0.29) is 5.92 Å².